The van der Waals surface area contributed by atoms with E-state index >= 15 is 0 Å². The number of ether oxygens (including phenoxy) is 1. The Hall–Kier alpha value is -0.970. The minimum atomic E-state index is 0.458. The number of aryl methyl sites for hydroxylation is 1. The molecular formula is C16H22N2OS. The molecule has 3 nitrogen and oxygen atoms in total. The van der Waals surface area contributed by atoms with E-state index in [0.717, 1.165) is 25.3 Å². The Morgan fingerprint density at radius 3 is 3.05 bits per heavy atom. The molecule has 2 unspecified atom stereocenters. The van der Waals surface area contributed by atoms with E-state index < -0.39 is 0 Å². The van der Waals surface area contributed by atoms with E-state index in [9.17, 15) is 0 Å². The van der Waals surface area contributed by atoms with Crippen molar-refractivity contribution < 1.29 is 4.74 Å². The van der Waals surface area contributed by atoms with Gasteiger partial charge in [0.05, 0.1) is 12.7 Å². The molecule has 0 aromatic heterocycles. The number of thiocarbonyl (C=S) groups is 1. The number of hydrogen-bond acceptors (Lipinski definition) is 3. The Labute approximate surface area is 126 Å². The normalized spacial score (nSPS) is 26.4. The van der Waals surface area contributed by atoms with Crippen molar-refractivity contribution in [2.45, 2.75) is 44.9 Å². The zero-order valence-electron chi connectivity index (χ0n) is 12.0. The van der Waals surface area contributed by atoms with Gasteiger partial charge in [-0.15, -0.1) is 0 Å². The van der Waals surface area contributed by atoms with E-state index in [-0.39, 0.29) is 0 Å². The van der Waals surface area contributed by atoms with Crippen molar-refractivity contribution in [1.82, 2.24) is 4.90 Å². The first-order chi connectivity index (χ1) is 9.65. The lowest BCUT2D eigenvalue weighted by Gasteiger charge is -2.38. The van der Waals surface area contributed by atoms with Crippen LogP contribution in [-0.4, -0.2) is 35.2 Å². The monoisotopic (exact) mass is 290 g/mol. The first kappa shape index (κ1) is 14.0. The van der Waals surface area contributed by atoms with Crippen LogP contribution in [0.3, 0.4) is 0 Å². The van der Waals surface area contributed by atoms with Crippen LogP contribution in [0.25, 0.3) is 0 Å². The second-order valence-corrected chi connectivity index (χ2v) is 6.32. The Balaban J connectivity index is 1.75. The van der Waals surface area contributed by atoms with Crippen LogP contribution in [0.4, 0.5) is 0 Å². The maximum absolute atomic E-state index is 5.88. The maximum atomic E-state index is 5.88. The van der Waals surface area contributed by atoms with Gasteiger partial charge in [-0.1, -0.05) is 24.4 Å². The molecule has 2 fully saturated rings. The number of nitrogens with zero attached hydrogens (tertiary/aromatic N) is 1. The Bertz CT molecular complexity index is 517. The molecule has 0 radical (unpaired) electrons. The highest BCUT2D eigenvalue weighted by Gasteiger charge is 2.35. The van der Waals surface area contributed by atoms with Crippen LogP contribution >= 0.6 is 12.2 Å². The van der Waals surface area contributed by atoms with Gasteiger partial charge in [-0.05, 0) is 43.4 Å². The van der Waals surface area contributed by atoms with Gasteiger partial charge in [-0.3, -0.25) is 4.90 Å². The molecule has 1 heterocycles. The van der Waals surface area contributed by atoms with Crippen molar-refractivity contribution in [3.8, 4) is 0 Å². The van der Waals surface area contributed by atoms with E-state index in [4.69, 9.17) is 22.7 Å². The van der Waals surface area contributed by atoms with Crippen LogP contribution in [0.15, 0.2) is 18.2 Å². The molecule has 4 heteroatoms. The van der Waals surface area contributed by atoms with Crippen LogP contribution in [-0.2, 0) is 11.3 Å². The predicted octanol–water partition coefficient (Wildman–Crippen LogP) is 2.38. The molecule has 1 aromatic carbocycles. The molecule has 108 valence electrons. The van der Waals surface area contributed by atoms with Gasteiger partial charge in [0.25, 0.3) is 0 Å². The third-order valence-corrected chi connectivity index (χ3v) is 4.83. The maximum Gasteiger partial charge on any atom is 0.103 e. The molecule has 1 saturated carbocycles. The summed E-state index contributed by atoms with van der Waals surface area (Å²) in [6.07, 6.45) is 4.25. The van der Waals surface area contributed by atoms with Gasteiger partial charge < -0.3 is 10.5 Å². The summed E-state index contributed by atoms with van der Waals surface area (Å²) in [5, 5.41) is 0. The number of rotatable bonds is 3. The highest BCUT2D eigenvalue weighted by molar-refractivity contribution is 7.80. The number of morpholine rings is 1. The van der Waals surface area contributed by atoms with Crippen molar-refractivity contribution in [2.75, 3.05) is 13.2 Å². The van der Waals surface area contributed by atoms with Crippen LogP contribution in [0.5, 0.6) is 0 Å². The van der Waals surface area contributed by atoms with Gasteiger partial charge in [-0.25, -0.2) is 0 Å². The van der Waals surface area contributed by atoms with Gasteiger partial charge in [0.2, 0.25) is 0 Å². The molecule has 20 heavy (non-hydrogen) atoms. The molecule has 0 amide bonds. The Morgan fingerprint density at radius 2 is 2.30 bits per heavy atom. The number of nitrogens with two attached hydrogens (primary N) is 1. The van der Waals surface area contributed by atoms with E-state index in [1.807, 2.05) is 6.07 Å². The summed E-state index contributed by atoms with van der Waals surface area (Å²) < 4.78 is 5.88. The number of fused-ring (bicyclic) bond motifs is 1. The zero-order chi connectivity index (χ0) is 14.1. The minimum Gasteiger partial charge on any atom is -0.389 e. The largest absolute Gasteiger partial charge is 0.389 e. The second kappa shape index (κ2) is 5.80. The van der Waals surface area contributed by atoms with Crippen molar-refractivity contribution in [1.29, 1.82) is 0 Å². The van der Waals surface area contributed by atoms with E-state index in [2.05, 4.69) is 24.0 Å². The summed E-state index contributed by atoms with van der Waals surface area (Å²) in [5.74, 6) is 0. The van der Waals surface area contributed by atoms with Crippen LogP contribution < -0.4 is 5.73 Å². The fourth-order valence-corrected chi connectivity index (χ4v) is 3.57. The smallest absolute Gasteiger partial charge is 0.103 e. The molecule has 1 aliphatic carbocycles. The summed E-state index contributed by atoms with van der Waals surface area (Å²) in [6.45, 7) is 5.06. The number of hydrogen-bond donors (Lipinski definition) is 1. The van der Waals surface area contributed by atoms with Gasteiger partial charge in [-0.2, -0.15) is 0 Å². The third kappa shape index (κ3) is 2.73. The predicted molar refractivity (Wildman–Crippen MR) is 84.9 cm³/mol. The van der Waals surface area contributed by atoms with Crippen LogP contribution in [0, 0.1) is 6.92 Å². The standard InChI is InChI=1S/C16H22N2OS/c1-11-9-12(16(17)20)5-6-13(11)10-18-7-8-19-15-4-2-3-14(15)18/h5-6,9,14-15H,2-4,7-8,10H2,1H3,(H2,17,20). The lowest BCUT2D eigenvalue weighted by Crippen LogP contribution is -2.47. The van der Waals surface area contributed by atoms with Gasteiger partial charge in [0, 0.05) is 24.7 Å². The zero-order valence-corrected chi connectivity index (χ0v) is 12.8. The molecule has 2 atom stereocenters. The molecular weight excluding hydrogens is 268 g/mol. The lowest BCUT2D eigenvalue weighted by molar-refractivity contribution is -0.0588. The number of benzene rings is 1. The average molecular weight is 290 g/mol. The lowest BCUT2D eigenvalue weighted by atomic mass is 10.0. The van der Waals surface area contributed by atoms with E-state index in [1.54, 1.807) is 0 Å². The highest BCUT2D eigenvalue weighted by Crippen LogP contribution is 2.31. The fourth-order valence-electron chi connectivity index (χ4n) is 3.45. The summed E-state index contributed by atoms with van der Waals surface area (Å²) in [5.41, 5.74) is 9.30. The quantitative estimate of drug-likeness (QED) is 0.868. The van der Waals surface area contributed by atoms with Gasteiger partial charge in [0.1, 0.15) is 4.99 Å². The first-order valence-electron chi connectivity index (χ1n) is 7.40. The molecule has 2 aliphatic rings. The Morgan fingerprint density at radius 1 is 1.45 bits per heavy atom. The van der Waals surface area contributed by atoms with Crippen molar-refractivity contribution in [3.63, 3.8) is 0 Å². The second-order valence-electron chi connectivity index (χ2n) is 5.88. The molecule has 0 bridgehead atoms. The minimum absolute atomic E-state index is 0.458. The summed E-state index contributed by atoms with van der Waals surface area (Å²) in [4.78, 5) is 3.06. The topological polar surface area (TPSA) is 38.5 Å². The van der Waals surface area contributed by atoms with Gasteiger partial charge in [0.15, 0.2) is 0 Å². The summed E-state index contributed by atoms with van der Waals surface area (Å²) in [6, 6.07) is 6.92. The van der Waals surface area contributed by atoms with Crippen molar-refractivity contribution in [2.24, 2.45) is 5.73 Å². The molecule has 1 aliphatic heterocycles. The average Bonchev–Trinajstić information content (AvgIpc) is 2.90. The molecule has 2 N–H and O–H groups in total. The fraction of sp³-hybridized carbons (Fsp3) is 0.562. The third-order valence-electron chi connectivity index (χ3n) is 4.60. The summed E-state index contributed by atoms with van der Waals surface area (Å²) in [7, 11) is 0. The highest BCUT2D eigenvalue weighted by atomic mass is 32.1. The van der Waals surface area contributed by atoms with Crippen LogP contribution in [0.2, 0.25) is 0 Å². The molecule has 3 rings (SSSR count). The molecule has 1 aromatic rings. The van der Waals surface area contributed by atoms with E-state index in [1.165, 1.54) is 30.4 Å². The van der Waals surface area contributed by atoms with Crippen molar-refractivity contribution in [3.05, 3.63) is 34.9 Å². The molecule has 1 saturated heterocycles. The van der Waals surface area contributed by atoms with Crippen LogP contribution in [0.1, 0.15) is 36.0 Å². The molecule has 0 spiro atoms. The first-order valence-corrected chi connectivity index (χ1v) is 7.81. The van der Waals surface area contributed by atoms with E-state index in [0.29, 0.717) is 17.1 Å². The Kier molecular flexibility index (Phi) is 4.06. The van der Waals surface area contributed by atoms with Gasteiger partial charge >= 0.3 is 0 Å². The summed E-state index contributed by atoms with van der Waals surface area (Å²) >= 11 is 5.04. The SMILES string of the molecule is Cc1cc(C(N)=S)ccc1CN1CCOC2CCCC21. The van der Waals surface area contributed by atoms with Crippen molar-refractivity contribution >= 4 is 17.2 Å².